The average molecular weight is 300 g/mol. The number of aliphatic hydroxyl groups is 1. The largest absolute Gasteiger partial charge is 0.393 e. The van der Waals surface area contributed by atoms with Crippen LogP contribution in [0.5, 0.6) is 0 Å². The van der Waals surface area contributed by atoms with Gasteiger partial charge in [-0.2, -0.15) is 0 Å². The lowest BCUT2D eigenvalue weighted by atomic mass is 10.2. The van der Waals surface area contributed by atoms with Crippen molar-refractivity contribution in [3.05, 3.63) is 16.2 Å². The number of thiophene rings is 1. The van der Waals surface area contributed by atoms with Gasteiger partial charge in [-0.05, 0) is 36.9 Å². The molecule has 0 saturated carbocycles. The lowest BCUT2D eigenvalue weighted by Crippen LogP contribution is -2.13. The molecule has 6 heteroatoms. The predicted octanol–water partition coefficient (Wildman–Crippen LogP) is 3.48. The third-order valence-corrected chi connectivity index (χ3v) is 4.35. The molecule has 2 aromatic heterocycles. The number of aromatic nitrogens is 2. The molecule has 104 valence electrons. The van der Waals surface area contributed by atoms with Gasteiger partial charge in [-0.1, -0.05) is 13.8 Å². The molecule has 0 aliphatic carbocycles. The first-order chi connectivity index (χ1) is 9.13. The fourth-order valence-electron chi connectivity index (χ4n) is 1.82. The highest BCUT2D eigenvalue weighted by Crippen LogP contribution is 2.30. The van der Waals surface area contributed by atoms with Crippen LogP contribution in [0.25, 0.3) is 10.2 Å². The normalized spacial score (nSPS) is 12.8. The van der Waals surface area contributed by atoms with E-state index >= 15 is 0 Å². The Morgan fingerprint density at radius 1 is 1.42 bits per heavy atom. The van der Waals surface area contributed by atoms with Crippen LogP contribution in [0.15, 0.2) is 6.07 Å². The second-order valence-corrected chi connectivity index (χ2v) is 5.86. The van der Waals surface area contributed by atoms with Gasteiger partial charge in [-0.15, -0.1) is 11.3 Å². The van der Waals surface area contributed by atoms with Crippen LogP contribution in [0.3, 0.4) is 0 Å². The minimum absolute atomic E-state index is 0.260. The molecule has 0 aliphatic heterocycles. The molecule has 2 N–H and O–H groups in total. The number of nitrogens with one attached hydrogen (secondary N) is 1. The summed E-state index contributed by atoms with van der Waals surface area (Å²) >= 11 is 7.59. The highest BCUT2D eigenvalue weighted by Gasteiger charge is 2.10. The van der Waals surface area contributed by atoms with E-state index in [0.29, 0.717) is 13.0 Å². The Morgan fingerprint density at radius 2 is 2.21 bits per heavy atom. The van der Waals surface area contributed by atoms with Crippen molar-refractivity contribution in [1.29, 1.82) is 0 Å². The Hall–Kier alpha value is -0.910. The second-order valence-electron chi connectivity index (χ2n) is 4.40. The van der Waals surface area contributed by atoms with Crippen molar-refractivity contribution in [2.24, 2.45) is 0 Å². The Kier molecular flexibility index (Phi) is 4.96. The number of nitrogens with zero attached hydrogens (tertiary/aromatic N) is 2. The maximum Gasteiger partial charge on any atom is 0.225 e. The number of hydrogen-bond donors (Lipinski definition) is 2. The summed E-state index contributed by atoms with van der Waals surface area (Å²) in [7, 11) is 0. The molecule has 0 spiro atoms. The standard InChI is InChI=1S/C13H18ClN3OS/c1-3-8(18)5-6-15-11-10-7-9(4-2)19-12(10)17-13(14)16-11/h7-8,18H,3-6H2,1-2H3,(H,15,16,17). The summed E-state index contributed by atoms with van der Waals surface area (Å²) in [6.07, 6.45) is 2.17. The molecule has 1 unspecified atom stereocenters. The van der Waals surface area contributed by atoms with Gasteiger partial charge in [0.25, 0.3) is 0 Å². The molecule has 4 nitrogen and oxygen atoms in total. The number of fused-ring (bicyclic) bond motifs is 1. The number of aryl methyl sites for hydroxylation is 1. The number of aliphatic hydroxyl groups excluding tert-OH is 1. The van der Waals surface area contributed by atoms with Crippen molar-refractivity contribution in [2.75, 3.05) is 11.9 Å². The van der Waals surface area contributed by atoms with Crippen molar-refractivity contribution in [3.8, 4) is 0 Å². The van der Waals surface area contributed by atoms with Crippen LogP contribution >= 0.6 is 22.9 Å². The quantitative estimate of drug-likeness (QED) is 0.802. The van der Waals surface area contributed by atoms with E-state index in [1.54, 1.807) is 11.3 Å². The Bertz CT molecular complexity index is 558. The summed E-state index contributed by atoms with van der Waals surface area (Å²) < 4.78 is 0. The van der Waals surface area contributed by atoms with Crippen molar-refractivity contribution in [2.45, 2.75) is 39.2 Å². The van der Waals surface area contributed by atoms with Gasteiger partial charge in [0.15, 0.2) is 0 Å². The van der Waals surface area contributed by atoms with Gasteiger partial charge >= 0.3 is 0 Å². The summed E-state index contributed by atoms with van der Waals surface area (Å²) in [6, 6.07) is 2.11. The van der Waals surface area contributed by atoms with Crippen molar-refractivity contribution in [1.82, 2.24) is 9.97 Å². The first kappa shape index (κ1) is 14.5. The van der Waals surface area contributed by atoms with Gasteiger partial charge in [0.2, 0.25) is 5.28 Å². The van der Waals surface area contributed by atoms with Gasteiger partial charge in [0.1, 0.15) is 10.6 Å². The number of rotatable bonds is 6. The first-order valence-electron chi connectivity index (χ1n) is 6.52. The summed E-state index contributed by atoms with van der Waals surface area (Å²) in [6.45, 7) is 4.76. The summed E-state index contributed by atoms with van der Waals surface area (Å²) in [5.74, 6) is 0.759. The van der Waals surface area contributed by atoms with Gasteiger partial charge in [0.05, 0.1) is 11.5 Å². The van der Waals surface area contributed by atoms with Crippen LogP contribution in [-0.2, 0) is 6.42 Å². The van der Waals surface area contributed by atoms with Gasteiger partial charge in [-0.25, -0.2) is 9.97 Å². The lowest BCUT2D eigenvalue weighted by Gasteiger charge is -2.09. The molecule has 0 bridgehead atoms. The molecule has 2 heterocycles. The smallest absolute Gasteiger partial charge is 0.225 e. The maximum atomic E-state index is 9.55. The van der Waals surface area contributed by atoms with Crippen molar-refractivity contribution < 1.29 is 5.11 Å². The van der Waals surface area contributed by atoms with Crippen molar-refractivity contribution >= 4 is 39.0 Å². The van der Waals surface area contributed by atoms with E-state index in [1.165, 1.54) is 4.88 Å². The third kappa shape index (κ3) is 3.55. The Balaban J connectivity index is 2.19. The Labute approximate surface area is 121 Å². The monoisotopic (exact) mass is 299 g/mol. The summed E-state index contributed by atoms with van der Waals surface area (Å²) in [5.41, 5.74) is 0. The number of hydrogen-bond acceptors (Lipinski definition) is 5. The molecular formula is C13H18ClN3OS. The van der Waals surface area contributed by atoms with Crippen LogP contribution in [0.2, 0.25) is 5.28 Å². The molecule has 0 radical (unpaired) electrons. The third-order valence-electron chi connectivity index (χ3n) is 3.01. The average Bonchev–Trinajstić information content (AvgIpc) is 2.81. The van der Waals surface area contributed by atoms with E-state index < -0.39 is 0 Å². The molecule has 0 aliphatic rings. The number of anilines is 1. The SMILES string of the molecule is CCc1cc2c(NCCC(O)CC)nc(Cl)nc2s1. The van der Waals surface area contributed by atoms with Crippen LogP contribution in [0, 0.1) is 0 Å². The summed E-state index contributed by atoms with van der Waals surface area (Å²) in [5, 5.41) is 14.1. The molecule has 0 fully saturated rings. The van der Waals surface area contributed by atoms with E-state index in [1.807, 2.05) is 6.92 Å². The molecule has 2 rings (SSSR count). The molecule has 0 amide bonds. The molecule has 0 aromatic carbocycles. The van der Waals surface area contributed by atoms with Gasteiger partial charge in [-0.3, -0.25) is 0 Å². The zero-order valence-corrected chi connectivity index (χ0v) is 12.7. The zero-order chi connectivity index (χ0) is 13.8. The highest BCUT2D eigenvalue weighted by molar-refractivity contribution is 7.18. The van der Waals surface area contributed by atoms with E-state index in [0.717, 1.165) is 28.9 Å². The van der Waals surface area contributed by atoms with Gasteiger partial charge < -0.3 is 10.4 Å². The van der Waals surface area contributed by atoms with E-state index in [2.05, 4.69) is 28.3 Å². The van der Waals surface area contributed by atoms with E-state index in [9.17, 15) is 5.11 Å². The van der Waals surface area contributed by atoms with Crippen molar-refractivity contribution in [3.63, 3.8) is 0 Å². The maximum absolute atomic E-state index is 9.55. The highest BCUT2D eigenvalue weighted by atomic mass is 35.5. The fraction of sp³-hybridized carbons (Fsp3) is 0.538. The molecular weight excluding hydrogens is 282 g/mol. The van der Waals surface area contributed by atoms with Crippen LogP contribution in [0.4, 0.5) is 5.82 Å². The Morgan fingerprint density at radius 3 is 2.89 bits per heavy atom. The van der Waals surface area contributed by atoms with E-state index in [-0.39, 0.29) is 11.4 Å². The van der Waals surface area contributed by atoms with Crippen LogP contribution in [0.1, 0.15) is 31.6 Å². The molecule has 2 aromatic rings. The topological polar surface area (TPSA) is 58.0 Å². The molecule has 19 heavy (non-hydrogen) atoms. The second kappa shape index (κ2) is 6.50. The minimum atomic E-state index is -0.269. The fourth-order valence-corrected chi connectivity index (χ4v) is 3.00. The summed E-state index contributed by atoms with van der Waals surface area (Å²) in [4.78, 5) is 10.7. The van der Waals surface area contributed by atoms with Crippen LogP contribution < -0.4 is 5.32 Å². The van der Waals surface area contributed by atoms with E-state index in [4.69, 9.17) is 11.6 Å². The minimum Gasteiger partial charge on any atom is -0.393 e. The lowest BCUT2D eigenvalue weighted by molar-refractivity contribution is 0.164. The first-order valence-corrected chi connectivity index (χ1v) is 7.71. The predicted molar refractivity (Wildman–Crippen MR) is 81.2 cm³/mol. The van der Waals surface area contributed by atoms with Gasteiger partial charge in [0, 0.05) is 11.4 Å². The van der Waals surface area contributed by atoms with Crippen LogP contribution in [-0.4, -0.2) is 27.7 Å². The molecule has 1 atom stereocenters. The molecule has 0 saturated heterocycles. The zero-order valence-electron chi connectivity index (χ0n) is 11.1. The number of halogens is 1.